The van der Waals surface area contributed by atoms with Gasteiger partial charge in [0.2, 0.25) is 0 Å². The van der Waals surface area contributed by atoms with Crippen LogP contribution < -0.4 is 10.6 Å². The van der Waals surface area contributed by atoms with Gasteiger partial charge in [0.15, 0.2) is 0 Å². The van der Waals surface area contributed by atoms with Crippen molar-refractivity contribution in [1.82, 2.24) is 0 Å². The lowest BCUT2D eigenvalue weighted by molar-refractivity contribution is 0.101. The van der Waals surface area contributed by atoms with Crippen molar-refractivity contribution in [3.63, 3.8) is 0 Å². The molecule has 4 nitrogen and oxygen atoms in total. The Labute approximate surface area is 159 Å². The normalized spacial score (nSPS) is 10.3. The largest absolute Gasteiger partial charge is 0.320 e. The minimum atomic E-state index is -0.205. The second-order valence-electron chi connectivity index (χ2n) is 6.59. The van der Waals surface area contributed by atoms with E-state index in [2.05, 4.69) is 10.6 Å². The zero-order valence-corrected chi connectivity index (χ0v) is 15.7. The number of hydrogen-bond donors (Lipinski definition) is 2. The van der Waals surface area contributed by atoms with Gasteiger partial charge in [-0.05, 0) is 61.7 Å². The summed E-state index contributed by atoms with van der Waals surface area (Å²) in [5, 5.41) is 5.84. The van der Waals surface area contributed by atoms with Gasteiger partial charge in [-0.15, -0.1) is 0 Å². The fraction of sp³-hybridized carbons (Fsp3) is 0.130. The number of anilines is 2. The molecule has 3 rings (SSSR count). The maximum Gasteiger partial charge on any atom is 0.255 e. The Morgan fingerprint density at radius 1 is 0.630 bits per heavy atom. The van der Waals surface area contributed by atoms with E-state index in [1.165, 1.54) is 0 Å². The molecular formula is C23H22N2O2. The van der Waals surface area contributed by atoms with Crippen LogP contribution in [-0.2, 0) is 0 Å². The lowest BCUT2D eigenvalue weighted by Crippen LogP contribution is -2.18. The molecule has 0 radical (unpaired) electrons. The SMILES string of the molecule is Cc1ccc(NC(=O)c2ccccc2C)c(NC(=O)c2ccccc2C)c1. The van der Waals surface area contributed by atoms with Gasteiger partial charge in [-0.1, -0.05) is 42.5 Å². The van der Waals surface area contributed by atoms with E-state index in [0.29, 0.717) is 22.5 Å². The molecule has 0 aliphatic rings. The molecule has 2 amide bonds. The Morgan fingerprint density at radius 3 is 1.63 bits per heavy atom. The predicted octanol–water partition coefficient (Wildman–Crippen LogP) is 5.12. The highest BCUT2D eigenvalue weighted by atomic mass is 16.2. The molecule has 0 fully saturated rings. The Balaban J connectivity index is 1.87. The third-order valence-electron chi connectivity index (χ3n) is 4.45. The summed E-state index contributed by atoms with van der Waals surface area (Å²) in [4.78, 5) is 25.3. The Morgan fingerprint density at radius 2 is 1.11 bits per heavy atom. The van der Waals surface area contributed by atoms with Crippen LogP contribution in [0.25, 0.3) is 0 Å². The fourth-order valence-corrected chi connectivity index (χ4v) is 2.91. The quantitative estimate of drug-likeness (QED) is 0.680. The van der Waals surface area contributed by atoms with Crippen LogP contribution in [0.3, 0.4) is 0 Å². The topological polar surface area (TPSA) is 58.2 Å². The van der Waals surface area contributed by atoms with E-state index >= 15 is 0 Å². The van der Waals surface area contributed by atoms with E-state index in [1.54, 1.807) is 18.2 Å². The molecular weight excluding hydrogens is 336 g/mol. The van der Waals surface area contributed by atoms with Gasteiger partial charge >= 0.3 is 0 Å². The van der Waals surface area contributed by atoms with Crippen molar-refractivity contribution in [3.05, 3.63) is 94.5 Å². The van der Waals surface area contributed by atoms with Crippen LogP contribution in [0.2, 0.25) is 0 Å². The molecule has 2 N–H and O–H groups in total. The first-order valence-electron chi connectivity index (χ1n) is 8.80. The van der Waals surface area contributed by atoms with Crippen molar-refractivity contribution in [1.29, 1.82) is 0 Å². The average Bonchev–Trinajstić information content (AvgIpc) is 2.64. The first-order valence-corrected chi connectivity index (χ1v) is 8.80. The van der Waals surface area contributed by atoms with Crippen molar-refractivity contribution in [2.75, 3.05) is 10.6 Å². The number of hydrogen-bond acceptors (Lipinski definition) is 2. The molecule has 0 aromatic heterocycles. The van der Waals surface area contributed by atoms with Crippen molar-refractivity contribution < 1.29 is 9.59 Å². The number of amides is 2. The monoisotopic (exact) mass is 358 g/mol. The van der Waals surface area contributed by atoms with Crippen molar-refractivity contribution in [3.8, 4) is 0 Å². The van der Waals surface area contributed by atoms with E-state index in [9.17, 15) is 9.59 Å². The van der Waals surface area contributed by atoms with Gasteiger partial charge in [-0.25, -0.2) is 0 Å². The van der Waals surface area contributed by atoms with Crippen molar-refractivity contribution in [2.24, 2.45) is 0 Å². The molecule has 27 heavy (non-hydrogen) atoms. The Kier molecular flexibility index (Phi) is 5.36. The molecule has 3 aromatic rings. The molecule has 0 saturated carbocycles. The molecule has 0 aliphatic carbocycles. The van der Waals surface area contributed by atoms with Gasteiger partial charge in [0.05, 0.1) is 11.4 Å². The molecule has 3 aromatic carbocycles. The zero-order valence-electron chi connectivity index (χ0n) is 15.7. The molecule has 0 unspecified atom stereocenters. The highest BCUT2D eigenvalue weighted by Crippen LogP contribution is 2.25. The van der Waals surface area contributed by atoms with E-state index < -0.39 is 0 Å². The van der Waals surface area contributed by atoms with E-state index in [1.807, 2.05) is 69.3 Å². The highest BCUT2D eigenvalue weighted by molar-refractivity contribution is 6.10. The number of carbonyl (C=O) groups excluding carboxylic acids is 2. The summed E-state index contributed by atoms with van der Waals surface area (Å²) in [5.74, 6) is -0.409. The van der Waals surface area contributed by atoms with Gasteiger partial charge < -0.3 is 10.6 Å². The number of nitrogens with one attached hydrogen (secondary N) is 2. The second kappa shape index (κ2) is 7.87. The zero-order chi connectivity index (χ0) is 19.4. The highest BCUT2D eigenvalue weighted by Gasteiger charge is 2.14. The van der Waals surface area contributed by atoms with Crippen LogP contribution >= 0.6 is 0 Å². The first kappa shape index (κ1) is 18.4. The smallest absolute Gasteiger partial charge is 0.255 e. The Hall–Kier alpha value is -3.40. The lowest BCUT2D eigenvalue weighted by Gasteiger charge is -2.15. The molecule has 0 heterocycles. The minimum absolute atomic E-state index is 0.204. The fourth-order valence-electron chi connectivity index (χ4n) is 2.91. The summed E-state index contributed by atoms with van der Waals surface area (Å²) in [6, 6.07) is 20.4. The molecule has 0 bridgehead atoms. The maximum absolute atomic E-state index is 12.7. The predicted molar refractivity (Wildman–Crippen MR) is 109 cm³/mol. The number of benzene rings is 3. The van der Waals surface area contributed by atoms with Gasteiger partial charge in [0.25, 0.3) is 11.8 Å². The van der Waals surface area contributed by atoms with Crippen molar-refractivity contribution >= 4 is 23.2 Å². The van der Waals surface area contributed by atoms with Crippen LogP contribution in [0.15, 0.2) is 66.7 Å². The number of rotatable bonds is 4. The maximum atomic E-state index is 12.7. The summed E-state index contributed by atoms with van der Waals surface area (Å²) in [6.07, 6.45) is 0. The second-order valence-corrected chi connectivity index (χ2v) is 6.59. The molecule has 4 heteroatoms. The van der Waals surface area contributed by atoms with E-state index in [-0.39, 0.29) is 11.8 Å². The van der Waals surface area contributed by atoms with Crippen LogP contribution in [0.4, 0.5) is 11.4 Å². The third-order valence-corrected chi connectivity index (χ3v) is 4.45. The standard InChI is InChI=1S/C23H22N2O2/c1-15-12-13-20(24-22(26)18-10-6-4-8-16(18)2)21(14-15)25-23(27)19-11-7-5-9-17(19)3/h4-14H,1-3H3,(H,24,26)(H,25,27). The number of aryl methyl sites for hydroxylation is 3. The average molecular weight is 358 g/mol. The van der Waals surface area contributed by atoms with Crippen LogP contribution in [0.5, 0.6) is 0 Å². The third kappa shape index (κ3) is 4.23. The van der Waals surface area contributed by atoms with Crippen molar-refractivity contribution in [2.45, 2.75) is 20.8 Å². The Bertz CT molecular complexity index is 1010. The minimum Gasteiger partial charge on any atom is -0.320 e. The lowest BCUT2D eigenvalue weighted by atomic mass is 10.1. The molecule has 0 atom stereocenters. The van der Waals surface area contributed by atoms with Gasteiger partial charge in [0.1, 0.15) is 0 Å². The van der Waals surface area contributed by atoms with E-state index in [0.717, 1.165) is 16.7 Å². The summed E-state index contributed by atoms with van der Waals surface area (Å²) in [5.41, 5.74) is 5.13. The van der Waals surface area contributed by atoms with Gasteiger partial charge in [0, 0.05) is 11.1 Å². The van der Waals surface area contributed by atoms with Crippen LogP contribution in [0.1, 0.15) is 37.4 Å². The van der Waals surface area contributed by atoms with E-state index in [4.69, 9.17) is 0 Å². The number of carbonyl (C=O) groups is 2. The summed E-state index contributed by atoms with van der Waals surface area (Å²) < 4.78 is 0. The van der Waals surface area contributed by atoms with Gasteiger partial charge in [-0.3, -0.25) is 9.59 Å². The van der Waals surface area contributed by atoms with Crippen LogP contribution in [-0.4, -0.2) is 11.8 Å². The summed E-state index contributed by atoms with van der Waals surface area (Å²) >= 11 is 0. The van der Waals surface area contributed by atoms with Crippen LogP contribution in [0, 0.1) is 20.8 Å². The molecule has 0 saturated heterocycles. The van der Waals surface area contributed by atoms with Gasteiger partial charge in [-0.2, -0.15) is 0 Å². The first-order chi connectivity index (χ1) is 13.0. The summed E-state index contributed by atoms with van der Waals surface area (Å²) in [7, 11) is 0. The molecule has 0 spiro atoms. The summed E-state index contributed by atoms with van der Waals surface area (Å²) in [6.45, 7) is 5.73. The molecule has 136 valence electrons. The molecule has 0 aliphatic heterocycles.